The van der Waals surface area contributed by atoms with Gasteiger partial charge in [-0.1, -0.05) is 78.9 Å². The van der Waals surface area contributed by atoms with Gasteiger partial charge in [0.2, 0.25) is 5.79 Å². The van der Waals surface area contributed by atoms with Crippen LogP contribution in [0.15, 0.2) is 170 Å². The zero-order chi connectivity index (χ0) is 35.0. The number of hydrogen-bond acceptors (Lipinski definition) is 6. The number of ether oxygens (including phenoxy) is 2. The molecule has 0 spiro atoms. The number of nitrogens with zero attached hydrogens (tertiary/aromatic N) is 2. The average Bonchev–Trinajstić information content (AvgIpc) is 3.47. The van der Waals surface area contributed by atoms with E-state index >= 15 is 0 Å². The van der Waals surface area contributed by atoms with Gasteiger partial charge in [0.05, 0.1) is 0 Å². The molecule has 0 radical (unpaired) electrons. The Hall–Kier alpha value is -6.66. The highest BCUT2D eigenvalue weighted by atomic mass is 16.7. The summed E-state index contributed by atoms with van der Waals surface area (Å²) in [7, 11) is 0. The summed E-state index contributed by atoms with van der Waals surface area (Å²) in [5, 5.41) is 20.1. The second-order valence-electron chi connectivity index (χ2n) is 12.9. The van der Waals surface area contributed by atoms with Gasteiger partial charge in [0, 0.05) is 48.0 Å². The molecule has 0 atom stereocenters. The highest BCUT2D eigenvalue weighted by molar-refractivity contribution is 5.85. The van der Waals surface area contributed by atoms with Crippen molar-refractivity contribution in [1.82, 2.24) is 0 Å². The van der Waals surface area contributed by atoms with Crippen LogP contribution in [0.25, 0.3) is 22.3 Å². The van der Waals surface area contributed by atoms with E-state index in [9.17, 15) is 10.2 Å². The predicted octanol–water partition coefficient (Wildman–Crippen LogP) is 11.9. The first-order valence-corrected chi connectivity index (χ1v) is 16.9. The molecule has 0 aromatic heterocycles. The number of hydrogen-bond donors (Lipinski definition) is 2. The molecule has 250 valence electrons. The molecule has 7 aromatic carbocycles. The predicted molar refractivity (Wildman–Crippen MR) is 205 cm³/mol. The number of para-hydroxylation sites is 2. The van der Waals surface area contributed by atoms with Gasteiger partial charge in [-0.15, -0.1) is 0 Å². The summed E-state index contributed by atoms with van der Waals surface area (Å²) in [6, 6.07) is 56.9. The zero-order valence-electron chi connectivity index (χ0n) is 28.3. The highest BCUT2D eigenvalue weighted by Crippen LogP contribution is 2.44. The number of aromatic hydroxyl groups is 2. The van der Waals surface area contributed by atoms with Crippen LogP contribution in [-0.4, -0.2) is 16.0 Å². The SMILES string of the molecule is CC1(C)Oc2ccc(-c3cccc(N(c4ccccc4)c4cccc(N(c5ccccc5)c5cccc(-c6ccc(O)c(O)c6)c5)c4)c3)cc2O1. The van der Waals surface area contributed by atoms with E-state index in [1.165, 1.54) is 6.07 Å². The van der Waals surface area contributed by atoms with Crippen LogP contribution < -0.4 is 19.3 Å². The molecule has 0 saturated carbocycles. The maximum Gasteiger partial charge on any atom is 0.246 e. The average molecular weight is 669 g/mol. The topological polar surface area (TPSA) is 65.4 Å². The van der Waals surface area contributed by atoms with E-state index in [0.29, 0.717) is 0 Å². The minimum absolute atomic E-state index is 0.147. The Morgan fingerprint density at radius 3 is 1.35 bits per heavy atom. The van der Waals surface area contributed by atoms with Crippen molar-refractivity contribution in [3.8, 4) is 45.3 Å². The van der Waals surface area contributed by atoms with Crippen molar-refractivity contribution in [2.24, 2.45) is 0 Å². The molecule has 0 aliphatic carbocycles. The molecule has 1 aliphatic rings. The number of anilines is 6. The molecule has 1 heterocycles. The van der Waals surface area contributed by atoms with Crippen molar-refractivity contribution in [1.29, 1.82) is 0 Å². The Morgan fingerprint density at radius 1 is 0.373 bits per heavy atom. The monoisotopic (exact) mass is 668 g/mol. The summed E-state index contributed by atoms with van der Waals surface area (Å²) in [6.07, 6.45) is 0. The number of phenols is 2. The van der Waals surface area contributed by atoms with Crippen molar-refractivity contribution in [3.05, 3.63) is 170 Å². The standard InChI is InChI=1S/C45H36N2O4/c1-45(2)50-43-25-23-34(29-44(43)51-45)32-13-10-19-38(27-32)47(36-16-7-4-8-17-36)40-21-11-20-39(30-40)46(35-14-5-3-6-15-35)37-18-9-12-31(26-37)33-22-24-41(48)42(49)28-33/h3-30,48-49H,1-2H3. The van der Waals surface area contributed by atoms with Gasteiger partial charge < -0.3 is 29.5 Å². The minimum Gasteiger partial charge on any atom is -0.504 e. The molecule has 0 unspecified atom stereocenters. The molecule has 0 fully saturated rings. The van der Waals surface area contributed by atoms with Crippen LogP contribution in [-0.2, 0) is 0 Å². The van der Waals surface area contributed by atoms with Gasteiger partial charge in [0.1, 0.15) is 0 Å². The number of fused-ring (bicyclic) bond motifs is 1. The molecule has 7 aromatic rings. The normalized spacial score (nSPS) is 12.7. The summed E-state index contributed by atoms with van der Waals surface area (Å²) < 4.78 is 12.0. The van der Waals surface area contributed by atoms with Crippen LogP contribution in [0.5, 0.6) is 23.0 Å². The Morgan fingerprint density at radius 2 is 0.804 bits per heavy atom. The van der Waals surface area contributed by atoms with E-state index in [0.717, 1.165) is 67.9 Å². The fraction of sp³-hybridized carbons (Fsp3) is 0.0667. The van der Waals surface area contributed by atoms with Crippen molar-refractivity contribution < 1.29 is 19.7 Å². The molecular weight excluding hydrogens is 633 g/mol. The summed E-state index contributed by atoms with van der Waals surface area (Å²) in [5.74, 6) is 0.491. The van der Waals surface area contributed by atoms with Crippen LogP contribution >= 0.6 is 0 Å². The summed E-state index contributed by atoms with van der Waals surface area (Å²) in [6.45, 7) is 3.83. The minimum atomic E-state index is -0.693. The lowest BCUT2D eigenvalue weighted by Crippen LogP contribution is -2.29. The lowest BCUT2D eigenvalue weighted by molar-refractivity contribution is -0.0431. The lowest BCUT2D eigenvalue weighted by atomic mass is 10.0. The molecule has 6 nitrogen and oxygen atoms in total. The summed E-state index contributed by atoms with van der Waals surface area (Å²) in [4.78, 5) is 4.49. The van der Waals surface area contributed by atoms with Crippen LogP contribution in [0.3, 0.4) is 0 Å². The maximum absolute atomic E-state index is 10.2. The lowest BCUT2D eigenvalue weighted by Gasteiger charge is -2.29. The van der Waals surface area contributed by atoms with E-state index in [1.54, 1.807) is 12.1 Å². The fourth-order valence-electron chi connectivity index (χ4n) is 6.57. The third-order valence-electron chi connectivity index (χ3n) is 8.88. The molecule has 0 bridgehead atoms. The van der Waals surface area contributed by atoms with Gasteiger partial charge in [-0.3, -0.25) is 0 Å². The van der Waals surface area contributed by atoms with Crippen LogP contribution in [0, 0.1) is 0 Å². The van der Waals surface area contributed by atoms with E-state index in [4.69, 9.17) is 9.47 Å². The Balaban J connectivity index is 1.22. The van der Waals surface area contributed by atoms with E-state index in [-0.39, 0.29) is 11.5 Å². The Kier molecular flexibility index (Phi) is 8.05. The van der Waals surface area contributed by atoms with Gasteiger partial charge in [-0.2, -0.15) is 0 Å². The summed E-state index contributed by atoms with van der Waals surface area (Å²) >= 11 is 0. The van der Waals surface area contributed by atoms with Crippen molar-refractivity contribution >= 4 is 34.1 Å². The van der Waals surface area contributed by atoms with Crippen molar-refractivity contribution in [2.45, 2.75) is 19.6 Å². The zero-order valence-corrected chi connectivity index (χ0v) is 28.3. The first-order valence-electron chi connectivity index (χ1n) is 16.9. The summed E-state index contributed by atoms with van der Waals surface area (Å²) in [5.41, 5.74) is 9.75. The van der Waals surface area contributed by atoms with Gasteiger partial charge in [0.25, 0.3) is 0 Å². The smallest absolute Gasteiger partial charge is 0.246 e. The van der Waals surface area contributed by atoms with Crippen LogP contribution in [0.1, 0.15) is 13.8 Å². The van der Waals surface area contributed by atoms with E-state index < -0.39 is 5.79 Å². The molecule has 1 aliphatic heterocycles. The molecule has 2 N–H and O–H groups in total. The van der Waals surface area contributed by atoms with E-state index in [1.807, 2.05) is 62.4 Å². The van der Waals surface area contributed by atoms with Crippen molar-refractivity contribution in [2.75, 3.05) is 9.80 Å². The third-order valence-corrected chi connectivity index (χ3v) is 8.88. The number of phenolic OH excluding ortho intramolecular Hbond substituents is 2. The molecular formula is C45H36N2O4. The van der Waals surface area contributed by atoms with Gasteiger partial charge in [0.15, 0.2) is 23.0 Å². The molecule has 8 rings (SSSR count). The Labute approximate surface area is 297 Å². The highest BCUT2D eigenvalue weighted by Gasteiger charge is 2.31. The molecule has 0 amide bonds. The largest absolute Gasteiger partial charge is 0.504 e. The third kappa shape index (κ3) is 6.43. The number of benzene rings is 7. The van der Waals surface area contributed by atoms with Gasteiger partial charge in [-0.05, 0) is 113 Å². The van der Waals surface area contributed by atoms with Gasteiger partial charge >= 0.3 is 0 Å². The van der Waals surface area contributed by atoms with E-state index in [2.05, 4.69) is 113 Å². The van der Waals surface area contributed by atoms with Crippen LogP contribution in [0.4, 0.5) is 34.1 Å². The van der Waals surface area contributed by atoms with Gasteiger partial charge in [-0.25, -0.2) is 0 Å². The molecule has 0 saturated heterocycles. The Bertz CT molecular complexity index is 2340. The first-order chi connectivity index (χ1) is 24.8. The number of rotatable bonds is 8. The quantitative estimate of drug-likeness (QED) is 0.157. The second-order valence-corrected chi connectivity index (χ2v) is 12.9. The fourth-order valence-corrected chi connectivity index (χ4v) is 6.57. The maximum atomic E-state index is 10.2. The second kappa shape index (κ2) is 13.0. The van der Waals surface area contributed by atoms with Crippen molar-refractivity contribution in [3.63, 3.8) is 0 Å². The van der Waals surface area contributed by atoms with Crippen LogP contribution in [0.2, 0.25) is 0 Å². The first kappa shape index (κ1) is 31.6. The molecule has 6 heteroatoms. The molecule has 51 heavy (non-hydrogen) atoms.